The first kappa shape index (κ1) is 12.9. The topological polar surface area (TPSA) is 42.3 Å². The summed E-state index contributed by atoms with van der Waals surface area (Å²) in [6, 6.07) is 0. The highest BCUT2D eigenvalue weighted by Gasteiger charge is 2.37. The van der Waals surface area contributed by atoms with Crippen LogP contribution in [0.25, 0.3) is 0 Å². The van der Waals surface area contributed by atoms with Crippen molar-refractivity contribution in [1.82, 2.24) is 14.9 Å². The number of aromatic nitrogens is 2. The molecule has 2 saturated heterocycles. The van der Waals surface area contributed by atoms with Crippen molar-refractivity contribution in [3.63, 3.8) is 0 Å². The highest BCUT2D eigenvalue weighted by atomic mass is 16.5. The molecule has 0 spiro atoms. The molecule has 2 aliphatic heterocycles. The molecule has 0 saturated carbocycles. The maximum Gasteiger partial charge on any atom is 0.205 e. The Balaban J connectivity index is 1.77. The largest absolute Gasteiger partial charge is 0.383 e. The molecule has 19 heavy (non-hydrogen) atoms. The molecule has 1 aromatic rings. The quantitative estimate of drug-likeness (QED) is 0.852. The number of fused-ring (bicyclic) bond motifs is 1. The van der Waals surface area contributed by atoms with Gasteiger partial charge in [-0.15, -0.1) is 0 Å². The number of ether oxygens (including phenoxy) is 1. The minimum atomic E-state index is 0.745. The van der Waals surface area contributed by atoms with E-state index in [1.54, 1.807) is 7.11 Å². The second-order valence-electron chi connectivity index (χ2n) is 5.66. The normalized spacial score (nSPS) is 26.1. The van der Waals surface area contributed by atoms with Gasteiger partial charge in [0.1, 0.15) is 0 Å². The zero-order chi connectivity index (χ0) is 13.2. The molecule has 2 aliphatic rings. The van der Waals surface area contributed by atoms with Crippen LogP contribution in [0, 0.1) is 11.8 Å². The van der Waals surface area contributed by atoms with Crippen LogP contribution in [-0.2, 0) is 17.7 Å². The monoisotopic (exact) mass is 264 g/mol. The first-order valence-electron chi connectivity index (χ1n) is 7.32. The third-order valence-electron chi connectivity index (χ3n) is 4.38. The zero-order valence-electron chi connectivity index (χ0n) is 11.9. The summed E-state index contributed by atoms with van der Waals surface area (Å²) in [7, 11) is 1.75. The average Bonchev–Trinajstić information content (AvgIpc) is 3.08. The van der Waals surface area contributed by atoms with Gasteiger partial charge in [-0.1, -0.05) is 6.92 Å². The van der Waals surface area contributed by atoms with Crippen molar-refractivity contribution < 1.29 is 4.74 Å². The van der Waals surface area contributed by atoms with Crippen LogP contribution in [0.4, 0.5) is 5.95 Å². The van der Waals surface area contributed by atoms with Gasteiger partial charge in [0, 0.05) is 46.0 Å². The number of hydrogen-bond acceptors (Lipinski definition) is 4. The minimum Gasteiger partial charge on any atom is -0.383 e. The molecule has 2 atom stereocenters. The van der Waals surface area contributed by atoms with E-state index < -0.39 is 0 Å². The summed E-state index contributed by atoms with van der Waals surface area (Å²) in [5, 5.41) is 3.49. The van der Waals surface area contributed by atoms with E-state index >= 15 is 0 Å². The Kier molecular flexibility index (Phi) is 3.75. The summed E-state index contributed by atoms with van der Waals surface area (Å²) in [6.45, 7) is 8.42. The fourth-order valence-electron chi connectivity index (χ4n) is 3.25. The number of nitrogens with zero attached hydrogens (tertiary/aromatic N) is 3. The number of anilines is 1. The Hall–Kier alpha value is -1.07. The Bertz CT molecular complexity index is 419. The molecule has 0 aromatic carbocycles. The van der Waals surface area contributed by atoms with Gasteiger partial charge >= 0.3 is 0 Å². The van der Waals surface area contributed by atoms with Gasteiger partial charge in [-0.05, 0) is 18.3 Å². The number of imidazole rings is 1. The molecule has 0 radical (unpaired) electrons. The van der Waals surface area contributed by atoms with Crippen molar-refractivity contribution in [3.8, 4) is 0 Å². The SMILES string of the molecule is CCc1cn(CCOC)c(N2CC3CNCC3C2)n1. The fraction of sp³-hybridized carbons (Fsp3) is 0.786. The number of aryl methyl sites for hydroxylation is 1. The van der Waals surface area contributed by atoms with Crippen molar-refractivity contribution in [2.24, 2.45) is 11.8 Å². The van der Waals surface area contributed by atoms with E-state index in [0.29, 0.717) is 0 Å². The average molecular weight is 264 g/mol. The van der Waals surface area contributed by atoms with Gasteiger partial charge in [-0.3, -0.25) is 0 Å². The Morgan fingerprint density at radius 3 is 2.74 bits per heavy atom. The first-order valence-corrected chi connectivity index (χ1v) is 7.32. The lowest BCUT2D eigenvalue weighted by atomic mass is 10.0. The molecule has 2 unspecified atom stereocenters. The predicted molar refractivity (Wildman–Crippen MR) is 75.5 cm³/mol. The van der Waals surface area contributed by atoms with E-state index in [1.165, 1.54) is 18.8 Å². The summed E-state index contributed by atoms with van der Waals surface area (Å²) >= 11 is 0. The Morgan fingerprint density at radius 2 is 2.11 bits per heavy atom. The molecule has 0 amide bonds. The molecule has 1 aromatic heterocycles. The van der Waals surface area contributed by atoms with Gasteiger partial charge in [-0.25, -0.2) is 4.98 Å². The van der Waals surface area contributed by atoms with Crippen LogP contribution in [-0.4, -0.2) is 49.4 Å². The molecule has 5 heteroatoms. The van der Waals surface area contributed by atoms with Crippen LogP contribution < -0.4 is 10.2 Å². The van der Waals surface area contributed by atoms with E-state index in [2.05, 4.69) is 27.9 Å². The maximum absolute atomic E-state index is 5.20. The van der Waals surface area contributed by atoms with Gasteiger partial charge in [0.05, 0.1) is 12.3 Å². The van der Waals surface area contributed by atoms with Crippen LogP contribution in [0.5, 0.6) is 0 Å². The molecule has 106 valence electrons. The summed E-state index contributed by atoms with van der Waals surface area (Å²) in [5.74, 6) is 2.75. The van der Waals surface area contributed by atoms with Gasteiger partial charge in [0.25, 0.3) is 0 Å². The molecule has 3 heterocycles. The van der Waals surface area contributed by atoms with E-state index in [-0.39, 0.29) is 0 Å². The highest BCUT2D eigenvalue weighted by molar-refractivity contribution is 5.36. The lowest BCUT2D eigenvalue weighted by Crippen LogP contribution is -2.28. The van der Waals surface area contributed by atoms with E-state index in [1.807, 2.05) is 0 Å². The van der Waals surface area contributed by atoms with Crippen molar-refractivity contribution in [2.45, 2.75) is 19.9 Å². The van der Waals surface area contributed by atoms with Crippen LogP contribution in [0.2, 0.25) is 0 Å². The summed E-state index contributed by atoms with van der Waals surface area (Å²) in [6.07, 6.45) is 3.18. The van der Waals surface area contributed by atoms with E-state index in [9.17, 15) is 0 Å². The standard InChI is InChI=1S/C14H24N4O/c1-3-13-10-17(4-5-19-2)14(16-13)18-8-11-6-15-7-12(11)9-18/h10-12,15H,3-9H2,1-2H3. The fourth-order valence-corrected chi connectivity index (χ4v) is 3.25. The third-order valence-corrected chi connectivity index (χ3v) is 4.38. The summed E-state index contributed by atoms with van der Waals surface area (Å²) in [5.41, 5.74) is 1.18. The smallest absolute Gasteiger partial charge is 0.205 e. The number of rotatable bonds is 5. The highest BCUT2D eigenvalue weighted by Crippen LogP contribution is 2.30. The summed E-state index contributed by atoms with van der Waals surface area (Å²) in [4.78, 5) is 7.27. The maximum atomic E-state index is 5.20. The number of hydrogen-bond donors (Lipinski definition) is 1. The second kappa shape index (κ2) is 5.51. The second-order valence-corrected chi connectivity index (χ2v) is 5.66. The Labute approximate surface area is 114 Å². The molecular weight excluding hydrogens is 240 g/mol. The minimum absolute atomic E-state index is 0.745. The molecule has 5 nitrogen and oxygen atoms in total. The first-order chi connectivity index (χ1) is 9.31. The summed E-state index contributed by atoms with van der Waals surface area (Å²) < 4.78 is 7.46. The predicted octanol–water partition coefficient (Wildman–Crippen LogP) is 0.748. The number of methoxy groups -OCH3 is 1. The molecular formula is C14H24N4O. The molecule has 0 aliphatic carbocycles. The van der Waals surface area contributed by atoms with Crippen LogP contribution >= 0.6 is 0 Å². The van der Waals surface area contributed by atoms with Gasteiger partial charge < -0.3 is 19.5 Å². The number of nitrogens with one attached hydrogen (secondary N) is 1. The molecule has 2 fully saturated rings. The molecule has 1 N–H and O–H groups in total. The molecule has 0 bridgehead atoms. The molecule has 3 rings (SSSR count). The van der Waals surface area contributed by atoms with Crippen molar-refractivity contribution in [3.05, 3.63) is 11.9 Å². The lowest BCUT2D eigenvalue weighted by molar-refractivity contribution is 0.187. The third kappa shape index (κ3) is 2.49. The lowest BCUT2D eigenvalue weighted by Gasteiger charge is -2.20. The van der Waals surface area contributed by atoms with Crippen molar-refractivity contribution in [2.75, 3.05) is 44.8 Å². The van der Waals surface area contributed by atoms with Gasteiger partial charge in [-0.2, -0.15) is 0 Å². The van der Waals surface area contributed by atoms with Crippen LogP contribution in [0.15, 0.2) is 6.20 Å². The Morgan fingerprint density at radius 1 is 1.37 bits per heavy atom. The zero-order valence-corrected chi connectivity index (χ0v) is 11.9. The van der Waals surface area contributed by atoms with E-state index in [4.69, 9.17) is 9.72 Å². The van der Waals surface area contributed by atoms with Crippen molar-refractivity contribution >= 4 is 5.95 Å². The van der Waals surface area contributed by atoms with E-state index in [0.717, 1.165) is 50.4 Å². The van der Waals surface area contributed by atoms with Gasteiger partial charge in [0.15, 0.2) is 0 Å². The van der Waals surface area contributed by atoms with Crippen molar-refractivity contribution in [1.29, 1.82) is 0 Å². The van der Waals surface area contributed by atoms with Crippen LogP contribution in [0.3, 0.4) is 0 Å². The van der Waals surface area contributed by atoms with Crippen LogP contribution in [0.1, 0.15) is 12.6 Å². The van der Waals surface area contributed by atoms with Gasteiger partial charge in [0.2, 0.25) is 5.95 Å².